The first-order chi connectivity index (χ1) is 6.13. The Morgan fingerprint density at radius 3 is 2.92 bits per heavy atom. The first-order valence-electron chi connectivity index (χ1n) is 3.66. The molecule has 0 radical (unpaired) electrons. The molecule has 1 heterocycles. The second-order valence-electron chi connectivity index (χ2n) is 2.49. The number of hydrogen-bond donors (Lipinski definition) is 0. The summed E-state index contributed by atoms with van der Waals surface area (Å²) in [5, 5.41) is 0. The summed E-state index contributed by atoms with van der Waals surface area (Å²) in [6.45, 7) is 2.02. The van der Waals surface area contributed by atoms with Gasteiger partial charge in [-0.25, -0.2) is 0 Å². The number of ketones is 1. The van der Waals surface area contributed by atoms with Crippen LogP contribution in [-0.2, 0) is 4.79 Å². The van der Waals surface area contributed by atoms with Crippen LogP contribution in [0.3, 0.4) is 0 Å². The fraction of sp³-hybridized carbons (Fsp3) is 0.222. The summed E-state index contributed by atoms with van der Waals surface area (Å²) in [6.07, 6.45) is 3.29. The summed E-state index contributed by atoms with van der Waals surface area (Å²) < 4.78 is 1.08. The molecule has 1 aromatic heterocycles. The maximum Gasteiger partial charge on any atom is 0.170 e. The number of alkyl halides is 1. The molecule has 1 aromatic rings. The van der Waals surface area contributed by atoms with Crippen molar-refractivity contribution in [2.75, 3.05) is 5.88 Å². The van der Waals surface area contributed by atoms with Gasteiger partial charge in [-0.3, -0.25) is 4.79 Å². The fourth-order valence-corrected chi connectivity index (χ4v) is 2.34. The van der Waals surface area contributed by atoms with E-state index >= 15 is 0 Å². The van der Waals surface area contributed by atoms with E-state index in [0.29, 0.717) is 0 Å². The Labute approximate surface area is 94.5 Å². The molecule has 0 aliphatic carbocycles. The largest absolute Gasteiger partial charge is 0.294 e. The number of carbonyl (C=O) groups is 1. The summed E-state index contributed by atoms with van der Waals surface area (Å²) in [5.74, 6) is -0.0222. The third kappa shape index (κ3) is 3.25. The summed E-state index contributed by atoms with van der Waals surface area (Å²) in [4.78, 5) is 13.1. The van der Waals surface area contributed by atoms with Crippen molar-refractivity contribution < 1.29 is 4.79 Å². The minimum atomic E-state index is -0.0659. The third-order valence-electron chi connectivity index (χ3n) is 1.44. The molecule has 0 amide bonds. The Morgan fingerprint density at radius 2 is 2.46 bits per heavy atom. The van der Waals surface area contributed by atoms with Crippen molar-refractivity contribution in [3.05, 3.63) is 26.4 Å². The van der Waals surface area contributed by atoms with Crippen molar-refractivity contribution in [1.82, 2.24) is 0 Å². The van der Waals surface area contributed by atoms with E-state index in [0.717, 1.165) is 9.35 Å². The summed E-state index contributed by atoms with van der Waals surface area (Å²) >= 11 is 10.4. The molecule has 0 aliphatic rings. The zero-order valence-electron chi connectivity index (χ0n) is 7.01. The zero-order valence-corrected chi connectivity index (χ0v) is 10.2. The molecule has 0 bridgehead atoms. The number of carbonyl (C=O) groups excluding carboxylic acids is 1. The highest BCUT2D eigenvalue weighted by Gasteiger charge is 1.99. The van der Waals surface area contributed by atoms with Crippen molar-refractivity contribution in [1.29, 1.82) is 0 Å². The molecule has 0 saturated heterocycles. The number of aryl methyl sites for hydroxylation is 1. The second kappa shape index (κ2) is 4.94. The Balaban J connectivity index is 2.74. The van der Waals surface area contributed by atoms with Crippen molar-refractivity contribution in [3.8, 4) is 0 Å². The van der Waals surface area contributed by atoms with Gasteiger partial charge in [0.2, 0.25) is 0 Å². The lowest BCUT2D eigenvalue weighted by atomic mass is 10.3. The SMILES string of the molecule is Cc1sc(/C=C/C(=O)CCl)cc1Br. The van der Waals surface area contributed by atoms with Crippen LogP contribution in [0.25, 0.3) is 6.08 Å². The van der Waals surface area contributed by atoms with Crippen LogP contribution in [0, 0.1) is 6.92 Å². The minimum absolute atomic E-state index is 0.0437. The molecule has 1 nitrogen and oxygen atoms in total. The highest BCUT2D eigenvalue weighted by molar-refractivity contribution is 9.10. The third-order valence-corrected chi connectivity index (χ3v) is 3.81. The molecule has 0 atom stereocenters. The zero-order chi connectivity index (χ0) is 9.84. The molecule has 0 spiro atoms. The average molecular weight is 280 g/mol. The van der Waals surface area contributed by atoms with E-state index in [2.05, 4.69) is 15.9 Å². The van der Waals surface area contributed by atoms with Gasteiger partial charge >= 0.3 is 0 Å². The van der Waals surface area contributed by atoms with Gasteiger partial charge in [-0.1, -0.05) is 0 Å². The van der Waals surface area contributed by atoms with E-state index in [-0.39, 0.29) is 11.7 Å². The van der Waals surface area contributed by atoms with Crippen LogP contribution < -0.4 is 0 Å². The van der Waals surface area contributed by atoms with Gasteiger partial charge in [0.25, 0.3) is 0 Å². The van der Waals surface area contributed by atoms with Gasteiger partial charge in [-0.05, 0) is 41.1 Å². The van der Waals surface area contributed by atoms with Gasteiger partial charge in [0, 0.05) is 14.2 Å². The molecule has 70 valence electrons. The highest BCUT2D eigenvalue weighted by atomic mass is 79.9. The predicted molar refractivity (Wildman–Crippen MR) is 61.5 cm³/mol. The topological polar surface area (TPSA) is 17.1 Å². The van der Waals surface area contributed by atoms with Crippen LogP contribution >= 0.6 is 38.9 Å². The number of hydrogen-bond acceptors (Lipinski definition) is 2. The van der Waals surface area contributed by atoms with Crippen LogP contribution in [0.2, 0.25) is 0 Å². The first-order valence-corrected chi connectivity index (χ1v) is 5.80. The van der Waals surface area contributed by atoms with E-state index in [1.54, 1.807) is 17.4 Å². The molecule has 1 rings (SSSR count). The molecule has 0 unspecified atom stereocenters. The molecule has 4 heteroatoms. The molecular formula is C9H8BrClOS. The molecular weight excluding hydrogens is 272 g/mol. The highest BCUT2D eigenvalue weighted by Crippen LogP contribution is 2.27. The van der Waals surface area contributed by atoms with Crippen LogP contribution in [0.5, 0.6) is 0 Å². The molecule has 13 heavy (non-hydrogen) atoms. The van der Waals surface area contributed by atoms with Crippen molar-refractivity contribution in [2.24, 2.45) is 0 Å². The molecule has 0 N–H and O–H groups in total. The van der Waals surface area contributed by atoms with E-state index in [1.807, 2.05) is 13.0 Å². The van der Waals surface area contributed by atoms with Gasteiger partial charge in [0.15, 0.2) is 5.78 Å². The number of halogens is 2. The Hall–Kier alpha value is -0.120. The lowest BCUT2D eigenvalue weighted by molar-refractivity contribution is -0.112. The maximum atomic E-state index is 10.9. The van der Waals surface area contributed by atoms with E-state index < -0.39 is 0 Å². The number of thiophene rings is 1. The Bertz CT molecular complexity index is 324. The smallest absolute Gasteiger partial charge is 0.170 e. The van der Waals surface area contributed by atoms with Crippen molar-refractivity contribution >= 4 is 50.7 Å². The molecule has 0 aromatic carbocycles. The maximum absolute atomic E-state index is 10.9. The predicted octanol–water partition coefficient (Wildman–Crippen LogP) is 3.64. The van der Waals surface area contributed by atoms with E-state index in [9.17, 15) is 4.79 Å². The average Bonchev–Trinajstić information content (AvgIpc) is 2.42. The lowest BCUT2D eigenvalue weighted by Gasteiger charge is -1.83. The van der Waals surface area contributed by atoms with Crippen LogP contribution in [0.4, 0.5) is 0 Å². The van der Waals surface area contributed by atoms with E-state index in [4.69, 9.17) is 11.6 Å². The quantitative estimate of drug-likeness (QED) is 0.610. The van der Waals surface area contributed by atoms with Crippen LogP contribution in [0.1, 0.15) is 9.75 Å². The van der Waals surface area contributed by atoms with Crippen molar-refractivity contribution in [2.45, 2.75) is 6.92 Å². The Morgan fingerprint density at radius 1 is 1.77 bits per heavy atom. The van der Waals surface area contributed by atoms with Crippen LogP contribution in [-0.4, -0.2) is 11.7 Å². The molecule has 0 saturated carbocycles. The fourth-order valence-electron chi connectivity index (χ4n) is 0.783. The Kier molecular flexibility index (Phi) is 4.16. The molecule has 0 fully saturated rings. The molecule has 0 aliphatic heterocycles. The first kappa shape index (κ1) is 11.0. The lowest BCUT2D eigenvalue weighted by Crippen LogP contribution is -1.90. The van der Waals surface area contributed by atoms with Gasteiger partial charge in [-0.2, -0.15) is 0 Å². The standard InChI is InChI=1S/C9H8BrClOS/c1-6-9(10)4-8(13-6)3-2-7(12)5-11/h2-4H,5H2,1H3/b3-2+. The van der Waals surface area contributed by atoms with Crippen LogP contribution in [0.15, 0.2) is 16.6 Å². The van der Waals surface area contributed by atoms with Gasteiger partial charge in [-0.15, -0.1) is 22.9 Å². The number of allylic oxidation sites excluding steroid dienone is 1. The van der Waals surface area contributed by atoms with Gasteiger partial charge < -0.3 is 0 Å². The summed E-state index contributed by atoms with van der Waals surface area (Å²) in [7, 11) is 0. The minimum Gasteiger partial charge on any atom is -0.294 e. The van der Waals surface area contributed by atoms with Gasteiger partial charge in [0.05, 0.1) is 5.88 Å². The monoisotopic (exact) mass is 278 g/mol. The summed E-state index contributed by atoms with van der Waals surface area (Å²) in [5.41, 5.74) is 0. The van der Waals surface area contributed by atoms with Crippen molar-refractivity contribution in [3.63, 3.8) is 0 Å². The summed E-state index contributed by atoms with van der Waals surface area (Å²) in [6, 6.07) is 1.98. The van der Waals surface area contributed by atoms with Gasteiger partial charge in [0.1, 0.15) is 0 Å². The second-order valence-corrected chi connectivity index (χ2v) is 4.90. The normalized spacial score (nSPS) is 11.0. The van der Waals surface area contributed by atoms with E-state index in [1.165, 1.54) is 11.0 Å². The number of rotatable bonds is 3.